The summed E-state index contributed by atoms with van der Waals surface area (Å²) >= 11 is 0. The molecule has 0 bridgehead atoms. The minimum absolute atomic E-state index is 0.511. The van der Waals surface area contributed by atoms with Gasteiger partial charge in [0.25, 0.3) is 0 Å². The van der Waals surface area contributed by atoms with Gasteiger partial charge < -0.3 is 10.2 Å². The Morgan fingerprint density at radius 1 is 1.38 bits per heavy atom. The van der Waals surface area contributed by atoms with Crippen LogP contribution in [0.1, 0.15) is 25.7 Å². The molecule has 72 valence electrons. The largest absolute Gasteiger partial charge is 0.302 e. The molecule has 0 amide bonds. The molecule has 0 aliphatic carbocycles. The molecular weight excluding hydrogens is 162 g/mol. The van der Waals surface area contributed by atoms with Gasteiger partial charge in [0.2, 0.25) is 0 Å². The lowest BCUT2D eigenvalue weighted by molar-refractivity contribution is 0.169. The number of nitrogens with one attached hydrogen (secondary N) is 1. The number of fused-ring (bicyclic) bond motifs is 1. The molecule has 0 spiro atoms. The van der Waals surface area contributed by atoms with Crippen LogP contribution in [-0.2, 0) is 0 Å². The molecule has 0 saturated carbocycles. The minimum atomic E-state index is 0.511. The molecule has 0 aromatic rings. The molecule has 2 heterocycles. The van der Waals surface area contributed by atoms with E-state index in [0.717, 1.165) is 6.04 Å². The summed E-state index contributed by atoms with van der Waals surface area (Å²) in [6.45, 7) is 3.04. The molecule has 13 heavy (non-hydrogen) atoms. The van der Waals surface area contributed by atoms with Crippen LogP contribution in [-0.4, -0.2) is 36.6 Å². The monoisotopic (exact) mass is 179 g/mol. The lowest BCUT2D eigenvalue weighted by Gasteiger charge is -2.34. The quantitative estimate of drug-likeness (QED) is 0.635. The van der Waals surface area contributed by atoms with E-state index in [1.165, 1.54) is 38.8 Å². The second-order valence-corrected chi connectivity index (χ2v) is 4.09. The molecule has 2 unspecified atom stereocenters. The van der Waals surface area contributed by atoms with Gasteiger partial charge in [0.05, 0.1) is 12.6 Å². The van der Waals surface area contributed by atoms with Gasteiger partial charge in [-0.3, -0.25) is 0 Å². The van der Waals surface area contributed by atoms with Crippen molar-refractivity contribution < 1.29 is 0 Å². The Hall–Kier alpha value is -0.590. The van der Waals surface area contributed by atoms with Crippen molar-refractivity contribution in [3.05, 3.63) is 0 Å². The Balaban J connectivity index is 1.80. The van der Waals surface area contributed by atoms with Gasteiger partial charge >= 0.3 is 0 Å². The molecule has 3 nitrogen and oxygen atoms in total. The van der Waals surface area contributed by atoms with E-state index in [1.807, 2.05) is 0 Å². The van der Waals surface area contributed by atoms with Gasteiger partial charge in [0, 0.05) is 12.1 Å². The standard InChI is InChI=1S/C10H17N3/c11-4-5-12-9-3-7-13-6-1-2-10(13)8-9/h9-10,12H,1-3,5-8H2. The van der Waals surface area contributed by atoms with E-state index in [0.29, 0.717) is 12.6 Å². The smallest absolute Gasteiger partial charge is 0.0843 e. The number of hydrogen-bond donors (Lipinski definition) is 1. The van der Waals surface area contributed by atoms with E-state index in [4.69, 9.17) is 5.26 Å². The Morgan fingerprint density at radius 3 is 3.15 bits per heavy atom. The summed E-state index contributed by atoms with van der Waals surface area (Å²) in [7, 11) is 0. The molecule has 2 fully saturated rings. The van der Waals surface area contributed by atoms with Crippen molar-refractivity contribution in [2.75, 3.05) is 19.6 Å². The average molecular weight is 179 g/mol. The van der Waals surface area contributed by atoms with Gasteiger partial charge in [-0.05, 0) is 38.8 Å². The van der Waals surface area contributed by atoms with E-state index >= 15 is 0 Å². The second-order valence-electron chi connectivity index (χ2n) is 4.09. The van der Waals surface area contributed by atoms with Crippen LogP contribution in [0, 0.1) is 11.3 Å². The zero-order valence-electron chi connectivity index (χ0n) is 8.00. The van der Waals surface area contributed by atoms with Gasteiger partial charge in [0.15, 0.2) is 0 Å². The summed E-state index contributed by atoms with van der Waals surface area (Å²) in [6, 6.07) is 3.56. The Bertz CT molecular complexity index is 209. The normalized spacial score (nSPS) is 34.1. The molecule has 2 atom stereocenters. The summed E-state index contributed by atoms with van der Waals surface area (Å²) < 4.78 is 0. The minimum Gasteiger partial charge on any atom is -0.302 e. The average Bonchev–Trinajstić information content (AvgIpc) is 2.61. The summed E-state index contributed by atoms with van der Waals surface area (Å²) in [5.74, 6) is 0. The summed E-state index contributed by atoms with van der Waals surface area (Å²) in [5, 5.41) is 11.8. The first-order chi connectivity index (χ1) is 6.40. The van der Waals surface area contributed by atoms with Crippen LogP contribution in [0.3, 0.4) is 0 Å². The van der Waals surface area contributed by atoms with Crippen LogP contribution in [0.25, 0.3) is 0 Å². The number of piperidine rings is 1. The first kappa shape index (κ1) is 8.98. The highest BCUT2D eigenvalue weighted by molar-refractivity contribution is 4.90. The van der Waals surface area contributed by atoms with Crippen LogP contribution in [0.2, 0.25) is 0 Å². The zero-order chi connectivity index (χ0) is 9.10. The highest BCUT2D eigenvalue weighted by Crippen LogP contribution is 2.26. The molecule has 2 aliphatic rings. The molecule has 2 rings (SSSR count). The fourth-order valence-electron chi connectivity index (χ4n) is 2.60. The first-order valence-corrected chi connectivity index (χ1v) is 5.24. The third-order valence-electron chi connectivity index (χ3n) is 3.29. The number of hydrogen-bond acceptors (Lipinski definition) is 3. The SMILES string of the molecule is N#CCNC1CCN2CCCC2C1. The molecule has 0 radical (unpaired) electrons. The lowest BCUT2D eigenvalue weighted by atomic mass is 9.98. The summed E-state index contributed by atoms with van der Waals surface area (Å²) in [6.07, 6.45) is 5.21. The fourth-order valence-corrected chi connectivity index (χ4v) is 2.60. The van der Waals surface area contributed by atoms with Crippen LogP contribution < -0.4 is 5.32 Å². The van der Waals surface area contributed by atoms with E-state index in [1.54, 1.807) is 0 Å². The Labute approximate surface area is 79.7 Å². The van der Waals surface area contributed by atoms with Gasteiger partial charge in [-0.25, -0.2) is 0 Å². The molecule has 0 aromatic heterocycles. The van der Waals surface area contributed by atoms with Crippen molar-refractivity contribution >= 4 is 0 Å². The third-order valence-corrected chi connectivity index (χ3v) is 3.29. The molecule has 0 aromatic carbocycles. The van der Waals surface area contributed by atoms with Crippen LogP contribution in [0.5, 0.6) is 0 Å². The third kappa shape index (κ3) is 2.01. The molecule has 2 aliphatic heterocycles. The highest BCUT2D eigenvalue weighted by Gasteiger charge is 2.31. The van der Waals surface area contributed by atoms with E-state index in [-0.39, 0.29) is 0 Å². The van der Waals surface area contributed by atoms with Crippen LogP contribution in [0.4, 0.5) is 0 Å². The van der Waals surface area contributed by atoms with Crippen molar-refractivity contribution in [2.45, 2.75) is 37.8 Å². The highest BCUT2D eigenvalue weighted by atomic mass is 15.2. The van der Waals surface area contributed by atoms with E-state index < -0.39 is 0 Å². The summed E-state index contributed by atoms with van der Waals surface area (Å²) in [5.41, 5.74) is 0. The lowest BCUT2D eigenvalue weighted by Crippen LogP contribution is -2.45. The van der Waals surface area contributed by atoms with Crippen LogP contribution in [0.15, 0.2) is 0 Å². The second kappa shape index (κ2) is 4.08. The molecular formula is C10H17N3. The van der Waals surface area contributed by atoms with E-state index in [2.05, 4.69) is 16.3 Å². The van der Waals surface area contributed by atoms with Crippen molar-refractivity contribution in [2.24, 2.45) is 0 Å². The maximum absolute atomic E-state index is 8.46. The fraction of sp³-hybridized carbons (Fsp3) is 0.900. The van der Waals surface area contributed by atoms with Gasteiger partial charge in [-0.2, -0.15) is 5.26 Å². The molecule has 1 N–H and O–H groups in total. The van der Waals surface area contributed by atoms with Crippen molar-refractivity contribution in [1.82, 2.24) is 10.2 Å². The van der Waals surface area contributed by atoms with Crippen LogP contribution >= 0.6 is 0 Å². The van der Waals surface area contributed by atoms with E-state index in [9.17, 15) is 0 Å². The zero-order valence-corrected chi connectivity index (χ0v) is 8.00. The Kier molecular flexibility index (Phi) is 2.82. The van der Waals surface area contributed by atoms with Gasteiger partial charge in [0.1, 0.15) is 0 Å². The van der Waals surface area contributed by atoms with Gasteiger partial charge in [-0.15, -0.1) is 0 Å². The number of rotatable bonds is 2. The predicted octanol–water partition coefficient (Wildman–Crippen LogP) is 0.726. The predicted molar refractivity (Wildman–Crippen MR) is 51.2 cm³/mol. The van der Waals surface area contributed by atoms with Crippen molar-refractivity contribution in [3.8, 4) is 6.07 Å². The molecule has 2 saturated heterocycles. The number of nitriles is 1. The van der Waals surface area contributed by atoms with Gasteiger partial charge in [-0.1, -0.05) is 0 Å². The molecule has 3 heteroatoms. The maximum atomic E-state index is 8.46. The topological polar surface area (TPSA) is 39.1 Å². The van der Waals surface area contributed by atoms with Crippen molar-refractivity contribution in [1.29, 1.82) is 5.26 Å². The number of nitrogens with zero attached hydrogens (tertiary/aromatic N) is 2. The maximum Gasteiger partial charge on any atom is 0.0843 e. The first-order valence-electron chi connectivity index (χ1n) is 5.24. The Morgan fingerprint density at radius 2 is 2.31 bits per heavy atom. The van der Waals surface area contributed by atoms with Crippen molar-refractivity contribution in [3.63, 3.8) is 0 Å². The summed E-state index contributed by atoms with van der Waals surface area (Å²) in [4.78, 5) is 2.60.